The molecule has 0 heterocycles. The zero-order chi connectivity index (χ0) is 16.4. The number of hydrogen-bond acceptors (Lipinski definition) is 2. The van der Waals surface area contributed by atoms with Gasteiger partial charge in [0.15, 0.2) is 0 Å². The van der Waals surface area contributed by atoms with Gasteiger partial charge in [-0.05, 0) is 86.4 Å². The van der Waals surface area contributed by atoms with E-state index in [9.17, 15) is 9.90 Å². The second-order valence-electron chi connectivity index (χ2n) is 9.50. The van der Waals surface area contributed by atoms with Crippen LogP contribution in [-0.2, 0) is 4.79 Å². The molecule has 1 N–H and O–H groups in total. The number of allylic oxidation sites excluding steroid dienone is 2. The van der Waals surface area contributed by atoms with Crippen molar-refractivity contribution in [3.05, 3.63) is 12.2 Å². The number of rotatable bonds is 1. The Hall–Kier alpha value is -0.630. The van der Waals surface area contributed by atoms with Gasteiger partial charge in [0.05, 0.1) is 6.10 Å². The Balaban J connectivity index is 1.67. The van der Waals surface area contributed by atoms with Gasteiger partial charge in [0.1, 0.15) is 5.78 Å². The minimum Gasteiger partial charge on any atom is -0.393 e. The van der Waals surface area contributed by atoms with E-state index in [1.807, 2.05) is 0 Å². The number of aliphatic hydroxyl groups excluding tert-OH is 1. The maximum absolute atomic E-state index is 12.1. The standard InChI is InChI=1S/C21H32O2/c1-13(22)17-6-7-18-16-5-4-14-12-15(23)8-10-20(14,2)19(16)9-11-21(17,18)3/h4-5,14-19,23H,6-12H2,1-3H3. The second kappa shape index (κ2) is 5.18. The molecule has 4 rings (SSSR count). The zero-order valence-electron chi connectivity index (χ0n) is 14.9. The van der Waals surface area contributed by atoms with Gasteiger partial charge in [0.2, 0.25) is 0 Å². The fourth-order valence-electron chi connectivity index (χ4n) is 7.26. The minimum atomic E-state index is -0.100. The Labute approximate surface area is 140 Å². The highest BCUT2D eigenvalue weighted by atomic mass is 16.3. The van der Waals surface area contributed by atoms with Gasteiger partial charge in [-0.1, -0.05) is 26.0 Å². The number of carbonyl (C=O) groups is 1. The summed E-state index contributed by atoms with van der Waals surface area (Å²) >= 11 is 0. The number of carbonyl (C=O) groups excluding carboxylic acids is 1. The molecule has 3 fully saturated rings. The van der Waals surface area contributed by atoms with Crippen LogP contribution < -0.4 is 0 Å². The molecular formula is C21H32O2. The first-order valence-electron chi connectivity index (χ1n) is 9.73. The lowest BCUT2D eigenvalue weighted by atomic mass is 9.46. The van der Waals surface area contributed by atoms with Crippen molar-refractivity contribution in [3.8, 4) is 0 Å². The summed E-state index contributed by atoms with van der Waals surface area (Å²) in [5.74, 6) is 3.37. The van der Waals surface area contributed by atoms with E-state index in [0.717, 1.165) is 25.2 Å². The Morgan fingerprint density at radius 2 is 1.70 bits per heavy atom. The third kappa shape index (κ3) is 2.13. The van der Waals surface area contributed by atoms with Gasteiger partial charge in [0.25, 0.3) is 0 Å². The Morgan fingerprint density at radius 1 is 1.00 bits per heavy atom. The summed E-state index contributed by atoms with van der Waals surface area (Å²) < 4.78 is 0. The molecule has 4 aliphatic rings. The van der Waals surface area contributed by atoms with E-state index in [1.165, 1.54) is 25.7 Å². The molecule has 0 bridgehead atoms. The van der Waals surface area contributed by atoms with Gasteiger partial charge in [-0.25, -0.2) is 0 Å². The summed E-state index contributed by atoms with van der Waals surface area (Å²) in [4.78, 5) is 12.1. The highest BCUT2D eigenvalue weighted by molar-refractivity contribution is 5.79. The summed E-state index contributed by atoms with van der Waals surface area (Å²) in [7, 11) is 0. The van der Waals surface area contributed by atoms with Gasteiger partial charge in [-0.3, -0.25) is 4.79 Å². The first-order chi connectivity index (χ1) is 10.9. The van der Waals surface area contributed by atoms with Gasteiger partial charge in [0, 0.05) is 5.92 Å². The molecule has 8 unspecified atom stereocenters. The Morgan fingerprint density at radius 3 is 2.43 bits per heavy atom. The minimum absolute atomic E-state index is 0.100. The zero-order valence-corrected chi connectivity index (χ0v) is 14.9. The lowest BCUT2D eigenvalue weighted by molar-refractivity contribution is -0.128. The van der Waals surface area contributed by atoms with Gasteiger partial charge < -0.3 is 5.11 Å². The topological polar surface area (TPSA) is 37.3 Å². The van der Waals surface area contributed by atoms with Crippen LogP contribution in [0.3, 0.4) is 0 Å². The van der Waals surface area contributed by atoms with E-state index in [2.05, 4.69) is 26.0 Å². The lowest BCUT2D eigenvalue weighted by Crippen LogP contribution is -2.52. The highest BCUT2D eigenvalue weighted by Crippen LogP contribution is 2.65. The predicted octanol–water partition coefficient (Wildman–Crippen LogP) is 4.37. The van der Waals surface area contributed by atoms with Crippen LogP contribution in [-0.4, -0.2) is 17.0 Å². The molecule has 0 spiro atoms. The molecule has 0 aromatic heterocycles. The van der Waals surface area contributed by atoms with E-state index in [-0.39, 0.29) is 11.5 Å². The van der Waals surface area contributed by atoms with Crippen molar-refractivity contribution in [1.29, 1.82) is 0 Å². The summed E-state index contributed by atoms with van der Waals surface area (Å²) in [6.45, 7) is 6.70. The average Bonchev–Trinajstić information content (AvgIpc) is 2.85. The summed E-state index contributed by atoms with van der Waals surface area (Å²) in [6.07, 6.45) is 12.8. The van der Waals surface area contributed by atoms with Crippen LogP contribution in [0.15, 0.2) is 12.2 Å². The van der Waals surface area contributed by atoms with E-state index in [1.54, 1.807) is 6.92 Å². The monoisotopic (exact) mass is 316 g/mol. The van der Waals surface area contributed by atoms with Crippen LogP contribution in [0.1, 0.15) is 65.7 Å². The molecule has 2 heteroatoms. The van der Waals surface area contributed by atoms with E-state index >= 15 is 0 Å². The van der Waals surface area contributed by atoms with Crippen molar-refractivity contribution in [1.82, 2.24) is 0 Å². The molecule has 0 amide bonds. The Kier molecular flexibility index (Phi) is 3.58. The second-order valence-corrected chi connectivity index (χ2v) is 9.50. The lowest BCUT2D eigenvalue weighted by Gasteiger charge is -2.58. The van der Waals surface area contributed by atoms with Gasteiger partial charge >= 0.3 is 0 Å². The fraction of sp³-hybridized carbons (Fsp3) is 0.857. The van der Waals surface area contributed by atoms with Crippen molar-refractivity contribution in [2.75, 3.05) is 0 Å². The van der Waals surface area contributed by atoms with Crippen molar-refractivity contribution >= 4 is 5.78 Å². The molecule has 2 nitrogen and oxygen atoms in total. The molecule has 0 aromatic rings. The van der Waals surface area contributed by atoms with Crippen molar-refractivity contribution in [2.45, 2.75) is 71.8 Å². The number of hydrogen-bond donors (Lipinski definition) is 1. The normalized spacial score (nSPS) is 55.0. The molecule has 0 radical (unpaired) electrons. The largest absolute Gasteiger partial charge is 0.393 e. The number of aliphatic hydroxyl groups is 1. The third-order valence-electron chi connectivity index (χ3n) is 8.63. The smallest absolute Gasteiger partial charge is 0.133 e. The van der Waals surface area contributed by atoms with Crippen LogP contribution in [0, 0.1) is 40.4 Å². The first-order valence-corrected chi connectivity index (χ1v) is 9.73. The maximum Gasteiger partial charge on any atom is 0.133 e. The summed E-state index contributed by atoms with van der Waals surface area (Å²) in [6, 6.07) is 0. The van der Waals surface area contributed by atoms with Crippen LogP contribution in [0.4, 0.5) is 0 Å². The SMILES string of the molecule is CC(=O)C1CCC2C3C=CC4CC(O)CCC4(C)C3CCC12C. The van der Waals surface area contributed by atoms with Crippen molar-refractivity contribution in [3.63, 3.8) is 0 Å². The third-order valence-corrected chi connectivity index (χ3v) is 8.63. The molecule has 23 heavy (non-hydrogen) atoms. The van der Waals surface area contributed by atoms with E-state index in [0.29, 0.717) is 34.9 Å². The van der Waals surface area contributed by atoms with Crippen LogP contribution in [0.25, 0.3) is 0 Å². The fourth-order valence-corrected chi connectivity index (χ4v) is 7.26. The van der Waals surface area contributed by atoms with E-state index in [4.69, 9.17) is 0 Å². The molecule has 128 valence electrons. The van der Waals surface area contributed by atoms with Crippen LogP contribution >= 0.6 is 0 Å². The number of Topliss-reactive ketones (excluding diaryl/α,β-unsaturated/α-hetero) is 1. The Bertz CT molecular complexity index is 538. The highest BCUT2D eigenvalue weighted by Gasteiger charge is 2.59. The molecular weight excluding hydrogens is 284 g/mol. The van der Waals surface area contributed by atoms with Crippen LogP contribution in [0.2, 0.25) is 0 Å². The summed E-state index contributed by atoms with van der Waals surface area (Å²) in [5, 5.41) is 10.1. The average molecular weight is 316 g/mol. The van der Waals surface area contributed by atoms with Gasteiger partial charge in [-0.15, -0.1) is 0 Å². The maximum atomic E-state index is 12.1. The number of ketones is 1. The van der Waals surface area contributed by atoms with E-state index < -0.39 is 0 Å². The molecule has 4 aliphatic carbocycles. The molecule has 0 aromatic carbocycles. The quantitative estimate of drug-likeness (QED) is 0.729. The summed E-state index contributed by atoms with van der Waals surface area (Å²) in [5.41, 5.74) is 0.600. The number of fused-ring (bicyclic) bond motifs is 5. The van der Waals surface area contributed by atoms with Crippen LogP contribution in [0.5, 0.6) is 0 Å². The first kappa shape index (κ1) is 15.9. The molecule has 0 aliphatic heterocycles. The predicted molar refractivity (Wildman–Crippen MR) is 91.8 cm³/mol. The molecule has 0 saturated heterocycles. The molecule has 3 saturated carbocycles. The van der Waals surface area contributed by atoms with Gasteiger partial charge in [-0.2, -0.15) is 0 Å². The van der Waals surface area contributed by atoms with Crippen molar-refractivity contribution < 1.29 is 9.90 Å². The van der Waals surface area contributed by atoms with Crippen molar-refractivity contribution in [2.24, 2.45) is 40.4 Å². The molecule has 8 atom stereocenters.